The lowest BCUT2D eigenvalue weighted by Gasteiger charge is -2.36. The van der Waals surface area contributed by atoms with E-state index in [1.165, 1.54) is 0 Å². The van der Waals surface area contributed by atoms with Crippen LogP contribution in [-0.2, 0) is 17.6 Å². The number of hydrogen-bond acceptors (Lipinski definition) is 4. The van der Waals surface area contributed by atoms with Crippen molar-refractivity contribution >= 4 is 11.7 Å². The van der Waals surface area contributed by atoms with Gasteiger partial charge in [0.15, 0.2) is 0 Å². The number of nitrogens with zero attached hydrogens (tertiary/aromatic N) is 2. The molecule has 1 saturated heterocycles. The summed E-state index contributed by atoms with van der Waals surface area (Å²) in [5, 5.41) is 9.06. The number of anilines is 1. The molecular formula is C21H26N2O3. The lowest BCUT2D eigenvalue weighted by atomic mass is 10.0. The summed E-state index contributed by atoms with van der Waals surface area (Å²) in [6, 6.07) is 16.0. The van der Waals surface area contributed by atoms with Crippen LogP contribution < -0.4 is 9.64 Å². The Morgan fingerprint density at radius 3 is 2.35 bits per heavy atom. The molecule has 0 aromatic heterocycles. The van der Waals surface area contributed by atoms with E-state index in [0.29, 0.717) is 0 Å². The van der Waals surface area contributed by atoms with E-state index in [1.807, 2.05) is 42.5 Å². The zero-order valence-corrected chi connectivity index (χ0v) is 15.2. The second-order valence-corrected chi connectivity index (χ2v) is 6.59. The topological polar surface area (TPSA) is 53.0 Å². The maximum Gasteiger partial charge on any atom is 0.307 e. The summed E-state index contributed by atoms with van der Waals surface area (Å²) in [6.45, 7) is 4.89. The molecule has 5 heteroatoms. The van der Waals surface area contributed by atoms with Crippen LogP contribution in [0.5, 0.6) is 5.75 Å². The molecule has 0 radical (unpaired) electrons. The number of carboxylic acids is 1. The quantitative estimate of drug-likeness (QED) is 0.828. The average Bonchev–Trinajstić information content (AvgIpc) is 2.67. The van der Waals surface area contributed by atoms with E-state index in [2.05, 4.69) is 15.9 Å². The molecule has 1 fully saturated rings. The molecule has 0 atom stereocenters. The standard InChI is InChI=1S/C21H26N2O3/c1-26-20-9-5-4-8-19(20)23-14-12-22(13-15-23)11-10-17-6-2-3-7-18(17)16-21(24)25/h2-9H,10-16H2,1H3,(H,24,25). The van der Waals surface area contributed by atoms with Crippen molar-refractivity contribution in [3.8, 4) is 5.75 Å². The normalized spacial score (nSPS) is 15.0. The smallest absolute Gasteiger partial charge is 0.307 e. The van der Waals surface area contributed by atoms with Gasteiger partial charge in [-0.3, -0.25) is 9.69 Å². The third-order valence-electron chi connectivity index (χ3n) is 4.96. The van der Waals surface area contributed by atoms with Gasteiger partial charge in [-0.2, -0.15) is 0 Å². The number of benzene rings is 2. The van der Waals surface area contributed by atoms with Gasteiger partial charge in [-0.15, -0.1) is 0 Å². The molecule has 1 heterocycles. The lowest BCUT2D eigenvalue weighted by Crippen LogP contribution is -2.47. The minimum atomic E-state index is -0.775. The predicted molar refractivity (Wildman–Crippen MR) is 103 cm³/mol. The van der Waals surface area contributed by atoms with Crippen LogP contribution in [0.4, 0.5) is 5.69 Å². The summed E-state index contributed by atoms with van der Waals surface area (Å²) in [7, 11) is 1.71. The molecule has 0 bridgehead atoms. The lowest BCUT2D eigenvalue weighted by molar-refractivity contribution is -0.136. The van der Waals surface area contributed by atoms with Crippen LogP contribution in [0.15, 0.2) is 48.5 Å². The van der Waals surface area contributed by atoms with E-state index in [1.54, 1.807) is 7.11 Å². The third-order valence-corrected chi connectivity index (χ3v) is 4.96. The molecule has 0 spiro atoms. The maximum absolute atomic E-state index is 11.0. The molecule has 1 aliphatic heterocycles. The SMILES string of the molecule is COc1ccccc1N1CCN(CCc2ccccc2CC(=O)O)CC1. The summed E-state index contributed by atoms with van der Waals surface area (Å²) < 4.78 is 5.47. The second-order valence-electron chi connectivity index (χ2n) is 6.59. The molecule has 0 saturated carbocycles. The van der Waals surface area contributed by atoms with Gasteiger partial charge in [0.25, 0.3) is 0 Å². The van der Waals surface area contributed by atoms with Crippen LogP contribution in [0, 0.1) is 0 Å². The molecule has 0 amide bonds. The fourth-order valence-corrected chi connectivity index (χ4v) is 3.52. The summed E-state index contributed by atoms with van der Waals surface area (Å²) in [5.41, 5.74) is 3.22. The Bertz CT molecular complexity index is 740. The third kappa shape index (κ3) is 4.55. The molecule has 1 aliphatic rings. The zero-order valence-electron chi connectivity index (χ0n) is 15.2. The van der Waals surface area contributed by atoms with E-state index in [9.17, 15) is 4.79 Å². The Morgan fingerprint density at radius 1 is 1.00 bits per heavy atom. The Hall–Kier alpha value is -2.53. The Labute approximate surface area is 154 Å². The number of carbonyl (C=O) groups is 1. The first-order chi connectivity index (χ1) is 12.7. The first-order valence-electron chi connectivity index (χ1n) is 9.06. The fourth-order valence-electron chi connectivity index (χ4n) is 3.52. The highest BCUT2D eigenvalue weighted by atomic mass is 16.5. The Morgan fingerprint density at radius 2 is 1.65 bits per heavy atom. The predicted octanol–water partition coefficient (Wildman–Crippen LogP) is 2.69. The molecule has 3 rings (SSSR count). The monoisotopic (exact) mass is 354 g/mol. The van der Waals surface area contributed by atoms with Crippen LogP contribution in [0.2, 0.25) is 0 Å². The Kier molecular flexibility index (Phi) is 6.12. The van der Waals surface area contributed by atoms with Gasteiger partial charge in [0.2, 0.25) is 0 Å². The van der Waals surface area contributed by atoms with Crippen molar-refractivity contribution in [1.29, 1.82) is 0 Å². The highest BCUT2D eigenvalue weighted by Crippen LogP contribution is 2.28. The van der Waals surface area contributed by atoms with Crippen molar-refractivity contribution < 1.29 is 14.6 Å². The van der Waals surface area contributed by atoms with E-state index in [-0.39, 0.29) is 6.42 Å². The van der Waals surface area contributed by atoms with Crippen molar-refractivity contribution in [1.82, 2.24) is 4.90 Å². The highest BCUT2D eigenvalue weighted by molar-refractivity contribution is 5.70. The number of piperazine rings is 1. The summed E-state index contributed by atoms with van der Waals surface area (Å²) >= 11 is 0. The van der Waals surface area contributed by atoms with Gasteiger partial charge in [-0.25, -0.2) is 0 Å². The molecule has 5 nitrogen and oxygen atoms in total. The van der Waals surface area contributed by atoms with Crippen LogP contribution in [0.25, 0.3) is 0 Å². The minimum Gasteiger partial charge on any atom is -0.495 e. The molecule has 26 heavy (non-hydrogen) atoms. The number of rotatable bonds is 7. The molecule has 2 aromatic rings. The number of hydrogen-bond donors (Lipinski definition) is 1. The highest BCUT2D eigenvalue weighted by Gasteiger charge is 2.19. The van der Waals surface area contributed by atoms with Gasteiger partial charge in [0.05, 0.1) is 19.2 Å². The summed E-state index contributed by atoms with van der Waals surface area (Å²) in [5.74, 6) is 0.145. The Balaban J connectivity index is 1.54. The number of para-hydroxylation sites is 2. The zero-order chi connectivity index (χ0) is 18.4. The van der Waals surface area contributed by atoms with Crippen molar-refractivity contribution in [3.63, 3.8) is 0 Å². The van der Waals surface area contributed by atoms with Gasteiger partial charge in [-0.1, -0.05) is 36.4 Å². The van der Waals surface area contributed by atoms with E-state index in [0.717, 1.165) is 61.7 Å². The first-order valence-corrected chi connectivity index (χ1v) is 9.06. The van der Waals surface area contributed by atoms with Crippen molar-refractivity contribution in [2.75, 3.05) is 44.7 Å². The second kappa shape index (κ2) is 8.72. The van der Waals surface area contributed by atoms with Gasteiger partial charge in [0.1, 0.15) is 5.75 Å². The van der Waals surface area contributed by atoms with Gasteiger partial charge in [-0.05, 0) is 29.7 Å². The molecule has 0 unspecified atom stereocenters. The molecule has 138 valence electrons. The number of methoxy groups -OCH3 is 1. The fraction of sp³-hybridized carbons (Fsp3) is 0.381. The number of carboxylic acid groups (broad SMARTS) is 1. The van der Waals surface area contributed by atoms with Crippen LogP contribution >= 0.6 is 0 Å². The van der Waals surface area contributed by atoms with Gasteiger partial charge >= 0.3 is 5.97 Å². The van der Waals surface area contributed by atoms with Crippen molar-refractivity contribution in [3.05, 3.63) is 59.7 Å². The minimum absolute atomic E-state index is 0.0950. The first kappa shape index (κ1) is 18.3. The molecule has 0 aliphatic carbocycles. The number of aliphatic carboxylic acids is 1. The van der Waals surface area contributed by atoms with Crippen LogP contribution in [-0.4, -0.2) is 55.8 Å². The van der Waals surface area contributed by atoms with Gasteiger partial charge < -0.3 is 14.7 Å². The summed E-state index contributed by atoms with van der Waals surface area (Å²) in [6.07, 6.45) is 0.982. The van der Waals surface area contributed by atoms with Crippen molar-refractivity contribution in [2.45, 2.75) is 12.8 Å². The maximum atomic E-state index is 11.0. The largest absolute Gasteiger partial charge is 0.495 e. The van der Waals surface area contributed by atoms with E-state index < -0.39 is 5.97 Å². The van der Waals surface area contributed by atoms with Crippen LogP contribution in [0.3, 0.4) is 0 Å². The van der Waals surface area contributed by atoms with E-state index in [4.69, 9.17) is 9.84 Å². The van der Waals surface area contributed by atoms with E-state index >= 15 is 0 Å². The molecule has 2 aromatic carbocycles. The number of ether oxygens (including phenoxy) is 1. The van der Waals surface area contributed by atoms with Gasteiger partial charge in [0, 0.05) is 32.7 Å². The molecular weight excluding hydrogens is 328 g/mol. The molecule has 1 N–H and O–H groups in total. The average molecular weight is 354 g/mol. The van der Waals surface area contributed by atoms with Crippen molar-refractivity contribution in [2.24, 2.45) is 0 Å². The summed E-state index contributed by atoms with van der Waals surface area (Å²) in [4.78, 5) is 15.8. The van der Waals surface area contributed by atoms with Crippen LogP contribution in [0.1, 0.15) is 11.1 Å².